The molecule has 1 atom stereocenters. The van der Waals surface area contributed by atoms with Crippen LogP contribution in [0.2, 0.25) is 0 Å². The van der Waals surface area contributed by atoms with Crippen LogP contribution in [0.4, 0.5) is 20.2 Å². The summed E-state index contributed by atoms with van der Waals surface area (Å²) >= 11 is 4.77. The van der Waals surface area contributed by atoms with E-state index in [2.05, 4.69) is 21.2 Å². The van der Waals surface area contributed by atoms with Crippen LogP contribution < -0.4 is 5.32 Å². The molecule has 0 fully saturated rings. The van der Waals surface area contributed by atoms with E-state index in [-0.39, 0.29) is 11.7 Å². The van der Waals surface area contributed by atoms with Gasteiger partial charge in [0.1, 0.15) is 11.5 Å². The third kappa shape index (κ3) is 2.96. The summed E-state index contributed by atoms with van der Waals surface area (Å²) in [6.07, 6.45) is 0. The number of benzene rings is 1. The van der Waals surface area contributed by atoms with Crippen molar-refractivity contribution in [2.45, 2.75) is 13.0 Å². The van der Waals surface area contributed by atoms with Gasteiger partial charge in [-0.1, -0.05) is 0 Å². The third-order valence-corrected chi connectivity index (χ3v) is 4.68. The summed E-state index contributed by atoms with van der Waals surface area (Å²) in [6, 6.07) is 2.78. The van der Waals surface area contributed by atoms with Gasteiger partial charge >= 0.3 is 0 Å². The van der Waals surface area contributed by atoms with Crippen LogP contribution in [0.1, 0.15) is 17.8 Å². The maximum absolute atomic E-state index is 13.8. The van der Waals surface area contributed by atoms with Crippen molar-refractivity contribution in [3.05, 3.63) is 54.7 Å². The third-order valence-electron chi connectivity index (χ3n) is 2.63. The minimum atomic E-state index is -0.990. The molecule has 4 nitrogen and oxygen atoms in total. The van der Waals surface area contributed by atoms with Gasteiger partial charge in [-0.2, -0.15) is 0 Å². The van der Waals surface area contributed by atoms with E-state index in [1.807, 2.05) is 11.4 Å². The summed E-state index contributed by atoms with van der Waals surface area (Å²) in [5.41, 5.74) is -0.939. The molecule has 8 heteroatoms. The molecule has 0 spiro atoms. The molecule has 1 aromatic carbocycles. The first kappa shape index (κ1) is 14.9. The van der Waals surface area contributed by atoms with Crippen LogP contribution in [0.25, 0.3) is 0 Å². The monoisotopic (exact) mass is 362 g/mol. The molecule has 2 aromatic rings. The number of thiophene rings is 1. The zero-order valence-electron chi connectivity index (χ0n) is 10.2. The minimum Gasteiger partial charge on any atom is -0.370 e. The Morgan fingerprint density at radius 2 is 2.15 bits per heavy atom. The quantitative estimate of drug-likeness (QED) is 0.623. The molecule has 0 radical (unpaired) electrons. The van der Waals surface area contributed by atoms with E-state index in [0.29, 0.717) is 12.1 Å². The normalized spacial score (nSPS) is 12.2. The van der Waals surface area contributed by atoms with E-state index in [1.165, 1.54) is 11.3 Å². The van der Waals surface area contributed by atoms with Crippen molar-refractivity contribution in [2.75, 3.05) is 5.32 Å². The molecule has 1 unspecified atom stereocenters. The zero-order valence-corrected chi connectivity index (χ0v) is 12.6. The SMILES string of the molecule is CC(Nc1c(F)cc(F)cc1[N+](=O)[O-])c1sccc1Br. The summed E-state index contributed by atoms with van der Waals surface area (Å²) in [5, 5.41) is 15.5. The number of rotatable bonds is 4. The van der Waals surface area contributed by atoms with Gasteiger partial charge in [0.15, 0.2) is 5.82 Å². The Morgan fingerprint density at radius 3 is 2.70 bits per heavy atom. The second-order valence-electron chi connectivity index (χ2n) is 4.04. The Kier molecular flexibility index (Phi) is 4.34. The highest BCUT2D eigenvalue weighted by Gasteiger charge is 2.23. The fraction of sp³-hybridized carbons (Fsp3) is 0.167. The van der Waals surface area contributed by atoms with Crippen LogP contribution in [0, 0.1) is 21.7 Å². The Bertz CT molecular complexity index is 663. The van der Waals surface area contributed by atoms with Crippen molar-refractivity contribution in [2.24, 2.45) is 0 Å². The van der Waals surface area contributed by atoms with Crippen LogP contribution >= 0.6 is 27.3 Å². The average molecular weight is 363 g/mol. The van der Waals surface area contributed by atoms with E-state index in [1.54, 1.807) is 6.92 Å². The zero-order chi connectivity index (χ0) is 14.9. The van der Waals surface area contributed by atoms with Gasteiger partial charge in [0, 0.05) is 15.4 Å². The second kappa shape index (κ2) is 5.84. The molecule has 0 saturated carbocycles. The molecule has 0 bridgehead atoms. The Labute approximate surface area is 125 Å². The van der Waals surface area contributed by atoms with Gasteiger partial charge in [0.25, 0.3) is 5.69 Å². The first-order chi connectivity index (χ1) is 9.40. The van der Waals surface area contributed by atoms with Gasteiger partial charge in [-0.25, -0.2) is 8.78 Å². The van der Waals surface area contributed by atoms with Crippen LogP contribution in [0.5, 0.6) is 0 Å². The molecule has 0 aliphatic rings. The number of hydrogen-bond acceptors (Lipinski definition) is 4. The molecule has 1 N–H and O–H groups in total. The number of nitro groups is 1. The smallest absolute Gasteiger partial charge is 0.298 e. The van der Waals surface area contributed by atoms with E-state index in [4.69, 9.17) is 0 Å². The maximum atomic E-state index is 13.8. The lowest BCUT2D eigenvalue weighted by Crippen LogP contribution is -2.09. The van der Waals surface area contributed by atoms with Gasteiger partial charge in [0.2, 0.25) is 0 Å². The molecule has 0 amide bonds. The summed E-state index contributed by atoms with van der Waals surface area (Å²) in [4.78, 5) is 10.9. The largest absolute Gasteiger partial charge is 0.370 e. The molecular weight excluding hydrogens is 354 g/mol. The topological polar surface area (TPSA) is 55.2 Å². The molecule has 1 heterocycles. The van der Waals surface area contributed by atoms with Gasteiger partial charge in [0.05, 0.1) is 17.0 Å². The minimum absolute atomic E-state index is 0.316. The number of hydrogen-bond donors (Lipinski definition) is 1. The van der Waals surface area contributed by atoms with E-state index in [9.17, 15) is 18.9 Å². The van der Waals surface area contributed by atoms with Crippen LogP contribution in [-0.2, 0) is 0 Å². The van der Waals surface area contributed by atoms with Crippen molar-refractivity contribution < 1.29 is 13.7 Å². The average Bonchev–Trinajstić information content (AvgIpc) is 2.78. The first-order valence-electron chi connectivity index (χ1n) is 5.53. The van der Waals surface area contributed by atoms with Crippen molar-refractivity contribution in [1.29, 1.82) is 0 Å². The van der Waals surface area contributed by atoms with E-state index < -0.39 is 22.2 Å². The van der Waals surface area contributed by atoms with Gasteiger partial charge in [-0.15, -0.1) is 11.3 Å². The van der Waals surface area contributed by atoms with Gasteiger partial charge < -0.3 is 5.32 Å². The Hall–Kier alpha value is -1.54. The molecule has 1 aromatic heterocycles. The highest BCUT2D eigenvalue weighted by molar-refractivity contribution is 9.10. The number of halogens is 3. The molecule has 106 valence electrons. The standard InChI is InChI=1S/C12H9BrF2N2O2S/c1-6(12-8(13)2-3-20-12)16-11-9(15)4-7(14)5-10(11)17(18)19/h2-6,16H,1H3. The van der Waals surface area contributed by atoms with E-state index in [0.717, 1.165) is 9.35 Å². The summed E-state index contributed by atoms with van der Waals surface area (Å²) in [6.45, 7) is 1.74. The van der Waals surface area contributed by atoms with Crippen molar-refractivity contribution >= 4 is 38.6 Å². The van der Waals surface area contributed by atoms with Crippen molar-refractivity contribution in [3.8, 4) is 0 Å². The molecule has 2 rings (SSSR count). The Morgan fingerprint density at radius 1 is 1.45 bits per heavy atom. The summed E-state index contributed by atoms with van der Waals surface area (Å²) < 4.78 is 27.7. The van der Waals surface area contributed by atoms with Crippen LogP contribution in [0.3, 0.4) is 0 Å². The molecule has 0 aliphatic heterocycles. The number of nitrogens with one attached hydrogen (secondary N) is 1. The molecule has 0 saturated heterocycles. The lowest BCUT2D eigenvalue weighted by Gasteiger charge is -2.15. The van der Waals surface area contributed by atoms with Crippen molar-refractivity contribution in [1.82, 2.24) is 0 Å². The predicted molar refractivity (Wildman–Crippen MR) is 77.1 cm³/mol. The molecule has 20 heavy (non-hydrogen) atoms. The highest BCUT2D eigenvalue weighted by atomic mass is 79.9. The first-order valence-corrected chi connectivity index (χ1v) is 7.20. The second-order valence-corrected chi connectivity index (χ2v) is 5.84. The lowest BCUT2D eigenvalue weighted by molar-refractivity contribution is -0.384. The highest BCUT2D eigenvalue weighted by Crippen LogP contribution is 2.35. The number of nitro benzene ring substituents is 1. The van der Waals surface area contributed by atoms with Crippen LogP contribution in [0.15, 0.2) is 28.1 Å². The predicted octanol–water partition coefficient (Wildman–Crippen LogP) is 4.87. The van der Waals surface area contributed by atoms with Gasteiger partial charge in [-0.3, -0.25) is 10.1 Å². The number of nitrogens with zero attached hydrogens (tertiary/aromatic N) is 1. The van der Waals surface area contributed by atoms with Crippen LogP contribution in [-0.4, -0.2) is 4.92 Å². The Balaban J connectivity index is 2.38. The summed E-state index contributed by atoms with van der Waals surface area (Å²) in [5.74, 6) is -1.97. The number of anilines is 1. The van der Waals surface area contributed by atoms with Gasteiger partial charge in [-0.05, 0) is 34.3 Å². The molecule has 0 aliphatic carbocycles. The maximum Gasteiger partial charge on any atom is 0.298 e. The summed E-state index contributed by atoms with van der Waals surface area (Å²) in [7, 11) is 0. The van der Waals surface area contributed by atoms with E-state index >= 15 is 0 Å². The van der Waals surface area contributed by atoms with Crippen molar-refractivity contribution in [3.63, 3.8) is 0 Å². The lowest BCUT2D eigenvalue weighted by atomic mass is 10.2. The fourth-order valence-corrected chi connectivity index (χ4v) is 3.47. The fourth-order valence-electron chi connectivity index (χ4n) is 1.74. The molecular formula is C12H9BrF2N2O2S.